The molecule has 0 saturated heterocycles. The predicted molar refractivity (Wildman–Crippen MR) is 71.1 cm³/mol. The topological polar surface area (TPSA) is 52.6 Å². The first kappa shape index (κ1) is 12.8. The van der Waals surface area contributed by atoms with E-state index < -0.39 is 5.97 Å². The minimum atomic E-state index is -0.520. The molecule has 0 saturated carbocycles. The lowest BCUT2D eigenvalue weighted by Crippen LogP contribution is -2.08. The molecular weight excluding hydrogens is 244 g/mol. The van der Waals surface area contributed by atoms with Gasteiger partial charge in [-0.2, -0.15) is 0 Å². The zero-order valence-corrected chi connectivity index (χ0v) is 10.4. The number of hydrogen-bond acceptors (Lipinski definition) is 4. The van der Waals surface area contributed by atoms with Gasteiger partial charge in [-0.3, -0.25) is 4.79 Å². The third-order valence-corrected chi connectivity index (χ3v) is 2.53. The molecule has 4 nitrogen and oxygen atoms in total. The Balaban J connectivity index is 2.52. The Bertz CT molecular complexity index is 658. The van der Waals surface area contributed by atoms with E-state index >= 15 is 0 Å². The second-order valence-corrected chi connectivity index (χ2v) is 4.03. The number of fused-ring (bicyclic) bond motifs is 1. The van der Waals surface area contributed by atoms with E-state index in [1.165, 1.54) is 6.07 Å². The average molecular weight is 256 g/mol. The number of ether oxygens (including phenoxy) is 2. The molecule has 0 radical (unpaired) electrons. The van der Waals surface area contributed by atoms with Gasteiger partial charge in [0.05, 0.1) is 0 Å². The Morgan fingerprint density at radius 2 is 2.00 bits per heavy atom. The van der Waals surface area contributed by atoms with Crippen LogP contribution in [0.3, 0.4) is 0 Å². The molecule has 0 aliphatic heterocycles. The molecule has 0 aromatic heterocycles. The summed E-state index contributed by atoms with van der Waals surface area (Å²) >= 11 is 0. The molecule has 2 aromatic rings. The summed E-state index contributed by atoms with van der Waals surface area (Å²) in [4.78, 5) is 22.0. The van der Waals surface area contributed by atoms with Crippen LogP contribution in [0.2, 0.25) is 0 Å². The first-order chi connectivity index (χ1) is 9.11. The minimum absolute atomic E-state index is 0.297. The lowest BCUT2D eigenvalue weighted by atomic mass is 10.1. The maximum Gasteiger partial charge on any atom is 0.338 e. The fourth-order valence-corrected chi connectivity index (χ4v) is 1.64. The van der Waals surface area contributed by atoms with Crippen molar-refractivity contribution in [1.82, 2.24) is 0 Å². The Morgan fingerprint density at radius 3 is 2.68 bits per heavy atom. The lowest BCUT2D eigenvalue weighted by Gasteiger charge is -2.09. The summed E-state index contributed by atoms with van der Waals surface area (Å²) in [5.41, 5.74) is 0.297. The number of hydrogen-bond donors (Lipinski definition) is 0. The monoisotopic (exact) mass is 256 g/mol. The van der Waals surface area contributed by atoms with Gasteiger partial charge < -0.3 is 9.47 Å². The smallest absolute Gasteiger partial charge is 0.338 e. The Morgan fingerprint density at radius 1 is 1.26 bits per heavy atom. The molecule has 96 valence electrons. The van der Waals surface area contributed by atoms with Gasteiger partial charge in [-0.05, 0) is 18.4 Å². The van der Waals surface area contributed by atoms with E-state index in [4.69, 9.17) is 9.47 Å². The van der Waals surface area contributed by atoms with Crippen molar-refractivity contribution >= 4 is 23.2 Å². The highest BCUT2D eigenvalue weighted by Gasteiger charge is 2.11. The number of rotatable bonds is 4. The van der Waals surface area contributed by atoms with Crippen LogP contribution in [0.25, 0.3) is 10.8 Å². The van der Waals surface area contributed by atoms with E-state index in [1.807, 2.05) is 24.3 Å². The van der Waals surface area contributed by atoms with Gasteiger partial charge >= 0.3 is 5.97 Å². The predicted octanol–water partition coefficient (Wildman–Crippen LogP) is 2.86. The average Bonchev–Trinajstić information content (AvgIpc) is 2.39. The molecule has 0 aliphatic carbocycles. The van der Waals surface area contributed by atoms with Gasteiger partial charge in [0.1, 0.15) is 11.5 Å². The fraction of sp³-hybridized carbons (Fsp3) is 0.0667. The molecule has 0 amide bonds. The summed E-state index contributed by atoms with van der Waals surface area (Å²) in [6.07, 6.45) is 0. The summed E-state index contributed by atoms with van der Waals surface area (Å²) in [6, 6.07) is 10.5. The van der Waals surface area contributed by atoms with Crippen molar-refractivity contribution < 1.29 is 19.1 Å². The molecule has 0 atom stereocenters. The quantitative estimate of drug-likeness (QED) is 0.365. The Labute approximate surface area is 110 Å². The van der Waals surface area contributed by atoms with Crippen molar-refractivity contribution in [3.05, 3.63) is 48.6 Å². The molecule has 0 aliphatic rings. The molecule has 0 fully saturated rings. The van der Waals surface area contributed by atoms with Crippen molar-refractivity contribution in [1.29, 1.82) is 0 Å². The van der Waals surface area contributed by atoms with Gasteiger partial charge in [0.2, 0.25) is 0 Å². The van der Waals surface area contributed by atoms with Crippen molar-refractivity contribution in [2.24, 2.45) is 0 Å². The van der Waals surface area contributed by atoms with Crippen LogP contribution in [0, 0.1) is 0 Å². The van der Waals surface area contributed by atoms with E-state index in [9.17, 15) is 9.59 Å². The van der Waals surface area contributed by atoms with E-state index in [1.54, 1.807) is 13.0 Å². The molecular formula is C15H12O4. The van der Waals surface area contributed by atoms with Crippen LogP contribution >= 0.6 is 0 Å². The number of benzene rings is 2. The first-order valence-corrected chi connectivity index (χ1v) is 5.62. The Kier molecular flexibility index (Phi) is 3.61. The molecule has 2 rings (SSSR count). The van der Waals surface area contributed by atoms with E-state index in [0.717, 1.165) is 10.8 Å². The van der Waals surface area contributed by atoms with Crippen LogP contribution in [0.5, 0.6) is 11.5 Å². The molecule has 0 heterocycles. The van der Waals surface area contributed by atoms with Crippen LogP contribution in [0.15, 0.2) is 48.6 Å². The zero-order chi connectivity index (χ0) is 13.8. The largest absolute Gasteiger partial charge is 0.429 e. The van der Waals surface area contributed by atoms with Gasteiger partial charge in [0.15, 0.2) is 0 Å². The summed E-state index contributed by atoms with van der Waals surface area (Å²) in [7, 11) is 0. The number of carbonyl (C=O) groups is 2. The van der Waals surface area contributed by atoms with Crippen LogP contribution in [0.1, 0.15) is 6.92 Å². The fourth-order valence-electron chi connectivity index (χ4n) is 1.64. The normalized spacial score (nSPS) is 9.95. The minimum Gasteiger partial charge on any atom is -0.429 e. The van der Waals surface area contributed by atoms with Gasteiger partial charge in [-0.1, -0.05) is 30.8 Å². The van der Waals surface area contributed by atoms with Gasteiger partial charge in [0.25, 0.3) is 6.47 Å². The molecule has 4 heteroatoms. The molecule has 0 unspecified atom stereocenters. The molecule has 0 spiro atoms. The maximum atomic E-state index is 11.6. The third-order valence-electron chi connectivity index (χ3n) is 2.53. The molecule has 0 N–H and O–H groups in total. The first-order valence-electron chi connectivity index (χ1n) is 5.62. The summed E-state index contributed by atoms with van der Waals surface area (Å²) in [5, 5.41) is 1.57. The van der Waals surface area contributed by atoms with Crippen LogP contribution in [-0.4, -0.2) is 12.4 Å². The van der Waals surface area contributed by atoms with E-state index in [2.05, 4.69) is 6.58 Å². The highest BCUT2D eigenvalue weighted by atomic mass is 16.5. The summed E-state index contributed by atoms with van der Waals surface area (Å²) < 4.78 is 10.0. The van der Waals surface area contributed by atoms with E-state index in [0.29, 0.717) is 23.5 Å². The SMILES string of the molecule is C=C(C)C(=O)Oc1cc(OC=O)cc2ccccc12. The molecule has 2 aromatic carbocycles. The summed E-state index contributed by atoms with van der Waals surface area (Å²) in [5.74, 6) is 0.134. The van der Waals surface area contributed by atoms with Gasteiger partial charge in [-0.15, -0.1) is 0 Å². The highest BCUT2D eigenvalue weighted by Crippen LogP contribution is 2.31. The van der Waals surface area contributed by atoms with Crippen molar-refractivity contribution in [2.45, 2.75) is 6.92 Å². The maximum absolute atomic E-state index is 11.6. The second kappa shape index (κ2) is 5.35. The van der Waals surface area contributed by atoms with Crippen LogP contribution in [-0.2, 0) is 9.59 Å². The zero-order valence-electron chi connectivity index (χ0n) is 10.4. The van der Waals surface area contributed by atoms with Crippen LogP contribution in [0.4, 0.5) is 0 Å². The van der Waals surface area contributed by atoms with Crippen LogP contribution < -0.4 is 9.47 Å². The molecule has 19 heavy (non-hydrogen) atoms. The van der Waals surface area contributed by atoms with Crippen molar-refractivity contribution in [3.8, 4) is 11.5 Å². The second-order valence-electron chi connectivity index (χ2n) is 4.03. The number of esters is 1. The lowest BCUT2D eigenvalue weighted by molar-refractivity contribution is -0.130. The van der Waals surface area contributed by atoms with Crippen molar-refractivity contribution in [2.75, 3.05) is 0 Å². The van der Waals surface area contributed by atoms with E-state index in [-0.39, 0.29) is 0 Å². The third kappa shape index (κ3) is 2.80. The summed E-state index contributed by atoms with van der Waals surface area (Å²) in [6.45, 7) is 5.42. The van der Waals surface area contributed by atoms with Crippen molar-refractivity contribution in [3.63, 3.8) is 0 Å². The Hall–Kier alpha value is -2.62. The van der Waals surface area contributed by atoms with Gasteiger partial charge in [0, 0.05) is 17.0 Å². The van der Waals surface area contributed by atoms with Gasteiger partial charge in [-0.25, -0.2) is 4.79 Å². The molecule has 0 bridgehead atoms. The highest BCUT2D eigenvalue weighted by molar-refractivity contribution is 5.95. The number of carbonyl (C=O) groups excluding carboxylic acids is 2. The standard InChI is InChI=1S/C15H12O4/c1-10(2)15(17)19-14-8-12(18-9-16)7-11-5-3-4-6-13(11)14/h3-9H,1H2,2H3.